The Balaban J connectivity index is 1.65. The molecule has 0 bridgehead atoms. The largest absolute Gasteiger partial charge is 0.466 e. The Morgan fingerprint density at radius 2 is 1.29 bits per heavy atom. The van der Waals surface area contributed by atoms with E-state index in [9.17, 15) is 0 Å². The van der Waals surface area contributed by atoms with E-state index in [-0.39, 0.29) is 12.3 Å². The summed E-state index contributed by atoms with van der Waals surface area (Å²) in [5.41, 5.74) is 5.87. The van der Waals surface area contributed by atoms with Crippen molar-refractivity contribution in [3.05, 3.63) is 140 Å². The van der Waals surface area contributed by atoms with Crippen LogP contribution in [-0.2, 0) is 0 Å². The first-order chi connectivity index (χ1) is 17.1. The maximum atomic E-state index is 6.84. The van der Waals surface area contributed by atoms with Crippen LogP contribution in [-0.4, -0.2) is 0 Å². The zero-order chi connectivity index (χ0) is 23.9. The molecular formula is C31H23Br2NO. The Kier molecular flexibility index (Phi) is 5.87. The average Bonchev–Trinajstić information content (AvgIpc) is 2.89. The van der Waals surface area contributed by atoms with E-state index in [2.05, 4.69) is 153 Å². The number of anilines is 1. The van der Waals surface area contributed by atoms with Gasteiger partial charge >= 0.3 is 0 Å². The highest BCUT2D eigenvalue weighted by Crippen LogP contribution is 2.50. The SMILES string of the molecule is Cc1ccc(N2C(c3ccc(Br)cc3)Oc3ccc4ccccc4c3C2c2ccc(Br)cc2)cc1. The van der Waals surface area contributed by atoms with Crippen LogP contribution < -0.4 is 9.64 Å². The van der Waals surface area contributed by atoms with Gasteiger partial charge in [0.15, 0.2) is 6.23 Å². The molecule has 4 heteroatoms. The molecule has 35 heavy (non-hydrogen) atoms. The quantitative estimate of drug-likeness (QED) is 0.209. The third kappa shape index (κ3) is 4.15. The van der Waals surface area contributed by atoms with Crippen molar-refractivity contribution in [1.82, 2.24) is 0 Å². The van der Waals surface area contributed by atoms with Crippen LogP contribution in [0.3, 0.4) is 0 Å². The lowest BCUT2D eigenvalue weighted by atomic mass is 9.89. The summed E-state index contributed by atoms with van der Waals surface area (Å²) in [7, 11) is 0. The van der Waals surface area contributed by atoms with E-state index in [0.717, 1.165) is 25.9 Å². The first kappa shape index (κ1) is 22.4. The summed E-state index contributed by atoms with van der Waals surface area (Å²) in [6, 6.07) is 38.7. The Bertz CT molecular complexity index is 1490. The Hall–Kier alpha value is -3.08. The number of halogens is 2. The van der Waals surface area contributed by atoms with Crippen molar-refractivity contribution >= 4 is 48.3 Å². The van der Waals surface area contributed by atoms with E-state index in [0.29, 0.717) is 0 Å². The molecule has 1 aliphatic heterocycles. The van der Waals surface area contributed by atoms with Crippen LogP contribution in [0, 0.1) is 6.92 Å². The minimum absolute atomic E-state index is 0.0331. The highest BCUT2D eigenvalue weighted by molar-refractivity contribution is 9.10. The molecule has 2 unspecified atom stereocenters. The molecule has 5 aromatic rings. The second kappa shape index (κ2) is 9.18. The van der Waals surface area contributed by atoms with Gasteiger partial charge in [0.2, 0.25) is 0 Å². The van der Waals surface area contributed by atoms with E-state index in [4.69, 9.17) is 4.74 Å². The standard InChI is InChI=1S/C31H23Br2NO/c1-20-6-17-26(18-7-20)34-30(22-8-13-24(32)14-9-22)29-27-5-3-2-4-21(27)12-19-28(29)35-31(34)23-10-15-25(33)16-11-23/h2-19,30-31H,1H3. The highest BCUT2D eigenvalue weighted by Gasteiger charge is 2.39. The van der Waals surface area contributed by atoms with Gasteiger partial charge in [0, 0.05) is 25.8 Å². The number of fused-ring (bicyclic) bond motifs is 3. The molecule has 0 spiro atoms. The molecular weight excluding hydrogens is 562 g/mol. The fourth-order valence-electron chi connectivity index (χ4n) is 4.94. The van der Waals surface area contributed by atoms with Gasteiger partial charge in [-0.1, -0.05) is 104 Å². The molecule has 2 atom stereocenters. The lowest BCUT2D eigenvalue weighted by Gasteiger charge is -2.45. The molecule has 0 aliphatic carbocycles. The number of ether oxygens (including phenoxy) is 1. The number of hydrogen-bond donors (Lipinski definition) is 0. The first-order valence-corrected chi connectivity index (χ1v) is 13.2. The van der Waals surface area contributed by atoms with Crippen molar-refractivity contribution in [1.29, 1.82) is 0 Å². The molecule has 1 heterocycles. The van der Waals surface area contributed by atoms with Gasteiger partial charge in [0.05, 0.1) is 6.04 Å². The predicted molar refractivity (Wildman–Crippen MR) is 151 cm³/mol. The van der Waals surface area contributed by atoms with Crippen LogP contribution in [0.2, 0.25) is 0 Å². The van der Waals surface area contributed by atoms with Gasteiger partial charge in [-0.15, -0.1) is 0 Å². The summed E-state index contributed by atoms with van der Waals surface area (Å²) in [4.78, 5) is 2.42. The summed E-state index contributed by atoms with van der Waals surface area (Å²) in [6.07, 6.45) is -0.284. The second-order valence-corrected chi connectivity index (χ2v) is 10.7. The fourth-order valence-corrected chi connectivity index (χ4v) is 5.47. The third-order valence-corrected chi connectivity index (χ3v) is 7.70. The van der Waals surface area contributed by atoms with E-state index in [1.807, 2.05) is 0 Å². The van der Waals surface area contributed by atoms with Crippen LogP contribution in [0.5, 0.6) is 5.75 Å². The lowest BCUT2D eigenvalue weighted by Crippen LogP contribution is -2.40. The molecule has 0 radical (unpaired) electrons. The lowest BCUT2D eigenvalue weighted by molar-refractivity contribution is 0.170. The summed E-state index contributed by atoms with van der Waals surface area (Å²) in [6.45, 7) is 2.12. The molecule has 5 aromatic carbocycles. The van der Waals surface area contributed by atoms with Crippen LogP contribution in [0.4, 0.5) is 5.69 Å². The number of aryl methyl sites for hydroxylation is 1. The summed E-state index contributed by atoms with van der Waals surface area (Å²) >= 11 is 7.21. The Labute approximate surface area is 222 Å². The smallest absolute Gasteiger partial charge is 0.199 e. The van der Waals surface area contributed by atoms with Crippen LogP contribution in [0.25, 0.3) is 10.8 Å². The van der Waals surface area contributed by atoms with Gasteiger partial charge in [-0.05, 0) is 65.7 Å². The summed E-state index contributed by atoms with van der Waals surface area (Å²) in [5, 5.41) is 2.42. The van der Waals surface area contributed by atoms with Gasteiger partial charge in [0.1, 0.15) is 5.75 Å². The zero-order valence-electron chi connectivity index (χ0n) is 19.2. The van der Waals surface area contributed by atoms with Crippen molar-refractivity contribution in [2.45, 2.75) is 19.2 Å². The van der Waals surface area contributed by atoms with Crippen molar-refractivity contribution < 1.29 is 4.74 Å². The molecule has 0 saturated heterocycles. The molecule has 0 aromatic heterocycles. The van der Waals surface area contributed by atoms with Gasteiger partial charge in [0.25, 0.3) is 0 Å². The number of nitrogens with zero attached hydrogens (tertiary/aromatic N) is 1. The highest BCUT2D eigenvalue weighted by atomic mass is 79.9. The normalized spacial score (nSPS) is 17.2. The second-order valence-electron chi connectivity index (χ2n) is 8.92. The fraction of sp³-hybridized carbons (Fsp3) is 0.0968. The van der Waals surface area contributed by atoms with Gasteiger partial charge < -0.3 is 9.64 Å². The van der Waals surface area contributed by atoms with Gasteiger partial charge in [-0.3, -0.25) is 0 Å². The Morgan fingerprint density at radius 3 is 1.97 bits per heavy atom. The molecule has 0 fully saturated rings. The monoisotopic (exact) mass is 583 g/mol. The average molecular weight is 585 g/mol. The molecule has 172 valence electrons. The summed E-state index contributed by atoms with van der Waals surface area (Å²) < 4.78 is 8.96. The molecule has 0 N–H and O–H groups in total. The first-order valence-electron chi connectivity index (χ1n) is 11.6. The van der Waals surface area contributed by atoms with Crippen molar-refractivity contribution in [3.8, 4) is 5.75 Å². The molecule has 6 rings (SSSR count). The van der Waals surface area contributed by atoms with E-state index in [1.54, 1.807) is 0 Å². The predicted octanol–water partition coefficient (Wildman–Crippen LogP) is 9.36. The molecule has 2 nitrogen and oxygen atoms in total. The minimum atomic E-state index is -0.284. The minimum Gasteiger partial charge on any atom is -0.466 e. The molecule has 0 saturated carbocycles. The van der Waals surface area contributed by atoms with Crippen molar-refractivity contribution in [2.24, 2.45) is 0 Å². The van der Waals surface area contributed by atoms with Crippen LogP contribution in [0.1, 0.15) is 34.5 Å². The van der Waals surface area contributed by atoms with E-state index in [1.165, 1.54) is 27.5 Å². The topological polar surface area (TPSA) is 12.5 Å². The van der Waals surface area contributed by atoms with E-state index >= 15 is 0 Å². The van der Waals surface area contributed by atoms with Crippen LogP contribution >= 0.6 is 31.9 Å². The maximum Gasteiger partial charge on any atom is 0.199 e. The van der Waals surface area contributed by atoms with Gasteiger partial charge in [-0.2, -0.15) is 0 Å². The molecule has 1 aliphatic rings. The zero-order valence-corrected chi connectivity index (χ0v) is 22.3. The summed E-state index contributed by atoms with van der Waals surface area (Å²) in [5.74, 6) is 0.924. The maximum absolute atomic E-state index is 6.84. The van der Waals surface area contributed by atoms with Crippen molar-refractivity contribution in [2.75, 3.05) is 4.90 Å². The van der Waals surface area contributed by atoms with E-state index < -0.39 is 0 Å². The van der Waals surface area contributed by atoms with Gasteiger partial charge in [-0.25, -0.2) is 0 Å². The van der Waals surface area contributed by atoms with Crippen molar-refractivity contribution in [3.63, 3.8) is 0 Å². The Morgan fingerprint density at radius 1 is 0.657 bits per heavy atom. The number of rotatable bonds is 3. The molecule has 0 amide bonds. The van der Waals surface area contributed by atoms with Crippen LogP contribution in [0.15, 0.2) is 118 Å². The third-order valence-electron chi connectivity index (χ3n) is 6.65. The number of hydrogen-bond acceptors (Lipinski definition) is 2. The number of benzene rings is 5.